The number of aromatic amines is 1. The summed E-state index contributed by atoms with van der Waals surface area (Å²) in [7, 11) is 0. The monoisotopic (exact) mass is 343 g/mol. The van der Waals surface area contributed by atoms with Gasteiger partial charge < -0.3 is 0 Å². The third-order valence-corrected chi connectivity index (χ3v) is 6.03. The topological polar surface area (TPSA) is 31.9 Å². The first-order chi connectivity index (χ1) is 12.8. The van der Waals surface area contributed by atoms with Crippen molar-refractivity contribution in [1.29, 1.82) is 0 Å². The third kappa shape index (κ3) is 2.77. The number of rotatable bonds is 3. The molecule has 5 rings (SSSR count). The highest BCUT2D eigenvalue weighted by atomic mass is 15.1. The van der Waals surface area contributed by atoms with Crippen LogP contribution in [0.15, 0.2) is 48.5 Å². The molecule has 2 aromatic carbocycles. The molecular weight excluding hydrogens is 318 g/mol. The van der Waals surface area contributed by atoms with Crippen molar-refractivity contribution >= 4 is 0 Å². The number of piperidine rings is 1. The quantitative estimate of drug-likeness (QED) is 0.575. The van der Waals surface area contributed by atoms with Crippen molar-refractivity contribution in [3.63, 3.8) is 0 Å². The maximum absolute atomic E-state index is 4.63. The van der Waals surface area contributed by atoms with E-state index in [1.54, 1.807) is 0 Å². The van der Waals surface area contributed by atoms with Crippen molar-refractivity contribution in [1.82, 2.24) is 15.1 Å². The molecule has 26 heavy (non-hydrogen) atoms. The number of fused-ring (bicyclic) bond motifs is 3. The summed E-state index contributed by atoms with van der Waals surface area (Å²) in [5, 5.41) is 7.89. The minimum atomic E-state index is 0.888. The summed E-state index contributed by atoms with van der Waals surface area (Å²) in [6, 6.07) is 17.6. The Labute approximate surface area is 155 Å². The molecular formula is C23H25N3. The molecule has 0 unspecified atom stereocenters. The SMILES string of the molecule is CC1CCN(Cc2ccc(-c3n[nH]c4c3Cc3ccccc3-4)cc2)CC1. The Bertz CT molecular complexity index is 915. The van der Waals surface area contributed by atoms with Gasteiger partial charge in [0.2, 0.25) is 0 Å². The Morgan fingerprint density at radius 2 is 1.81 bits per heavy atom. The van der Waals surface area contributed by atoms with Crippen LogP contribution >= 0.6 is 0 Å². The molecule has 0 radical (unpaired) electrons. The maximum atomic E-state index is 4.63. The molecule has 1 saturated heterocycles. The molecule has 1 aliphatic heterocycles. The first-order valence-electron chi connectivity index (χ1n) is 9.75. The second-order valence-electron chi connectivity index (χ2n) is 7.92. The van der Waals surface area contributed by atoms with Gasteiger partial charge in [-0.1, -0.05) is 55.5 Å². The highest BCUT2D eigenvalue weighted by Gasteiger charge is 2.24. The first-order valence-corrected chi connectivity index (χ1v) is 9.75. The van der Waals surface area contributed by atoms with E-state index in [9.17, 15) is 0 Å². The fraction of sp³-hybridized carbons (Fsp3) is 0.348. The van der Waals surface area contributed by atoms with E-state index in [1.807, 2.05) is 0 Å². The molecule has 3 nitrogen and oxygen atoms in total. The van der Waals surface area contributed by atoms with Gasteiger partial charge in [0, 0.05) is 29.7 Å². The first kappa shape index (κ1) is 15.8. The van der Waals surface area contributed by atoms with Crippen LogP contribution in [-0.4, -0.2) is 28.2 Å². The second kappa shape index (κ2) is 6.40. The highest BCUT2D eigenvalue weighted by molar-refractivity contribution is 5.80. The minimum absolute atomic E-state index is 0.888. The molecule has 1 fully saturated rings. The summed E-state index contributed by atoms with van der Waals surface area (Å²) in [5.74, 6) is 0.888. The summed E-state index contributed by atoms with van der Waals surface area (Å²) in [5.41, 5.74) is 8.95. The molecule has 0 bridgehead atoms. The predicted octanol–water partition coefficient (Wildman–Crippen LogP) is 4.88. The molecule has 2 heterocycles. The standard InChI is InChI=1S/C23H25N3/c1-16-10-12-26(13-11-16)15-17-6-8-18(9-7-17)22-21-14-19-4-2-3-5-20(19)23(21)25-24-22/h2-9,16H,10-15H2,1H3,(H,24,25). The molecule has 1 aromatic heterocycles. The van der Waals surface area contributed by atoms with Gasteiger partial charge in [-0.3, -0.25) is 10.00 Å². The van der Waals surface area contributed by atoms with E-state index < -0.39 is 0 Å². The molecule has 3 heteroatoms. The largest absolute Gasteiger partial charge is 0.299 e. The lowest BCUT2D eigenvalue weighted by atomic mass is 9.98. The van der Waals surface area contributed by atoms with E-state index in [2.05, 4.69) is 70.6 Å². The highest BCUT2D eigenvalue weighted by Crippen LogP contribution is 2.39. The van der Waals surface area contributed by atoms with Gasteiger partial charge in [-0.15, -0.1) is 0 Å². The average molecular weight is 343 g/mol. The normalized spacial score (nSPS) is 17.3. The number of benzene rings is 2. The van der Waals surface area contributed by atoms with Crippen LogP contribution in [0.4, 0.5) is 0 Å². The van der Waals surface area contributed by atoms with Crippen LogP contribution in [0.1, 0.15) is 36.5 Å². The van der Waals surface area contributed by atoms with Crippen LogP contribution < -0.4 is 0 Å². The molecule has 132 valence electrons. The Hall–Kier alpha value is -2.39. The summed E-state index contributed by atoms with van der Waals surface area (Å²) in [6.07, 6.45) is 3.64. The van der Waals surface area contributed by atoms with Crippen LogP contribution in [0.5, 0.6) is 0 Å². The van der Waals surface area contributed by atoms with Gasteiger partial charge in [0.05, 0.1) is 11.4 Å². The Kier molecular flexibility index (Phi) is 3.90. The summed E-state index contributed by atoms with van der Waals surface area (Å²) < 4.78 is 0. The summed E-state index contributed by atoms with van der Waals surface area (Å²) in [4.78, 5) is 2.58. The van der Waals surface area contributed by atoms with Crippen LogP contribution in [-0.2, 0) is 13.0 Å². The van der Waals surface area contributed by atoms with E-state index in [0.29, 0.717) is 0 Å². The fourth-order valence-corrected chi connectivity index (χ4v) is 4.35. The van der Waals surface area contributed by atoms with Gasteiger partial charge in [-0.25, -0.2) is 0 Å². The molecule has 0 saturated carbocycles. The molecule has 0 atom stereocenters. The van der Waals surface area contributed by atoms with Crippen LogP contribution in [0, 0.1) is 5.92 Å². The molecule has 3 aromatic rings. The molecule has 0 amide bonds. The Morgan fingerprint density at radius 3 is 2.62 bits per heavy atom. The van der Waals surface area contributed by atoms with Gasteiger partial charge in [-0.05, 0) is 43.0 Å². The summed E-state index contributed by atoms with van der Waals surface area (Å²) in [6.45, 7) is 5.89. The lowest BCUT2D eigenvalue weighted by Crippen LogP contribution is -2.32. The number of likely N-dealkylation sites (tertiary alicyclic amines) is 1. The maximum Gasteiger partial charge on any atom is 0.0962 e. The number of nitrogens with zero attached hydrogens (tertiary/aromatic N) is 2. The third-order valence-electron chi connectivity index (χ3n) is 6.03. The lowest BCUT2D eigenvalue weighted by Gasteiger charge is -2.30. The summed E-state index contributed by atoms with van der Waals surface area (Å²) >= 11 is 0. The Morgan fingerprint density at radius 1 is 1.04 bits per heavy atom. The van der Waals surface area contributed by atoms with E-state index in [4.69, 9.17) is 0 Å². The number of hydrogen-bond acceptors (Lipinski definition) is 2. The number of nitrogens with one attached hydrogen (secondary N) is 1. The van der Waals surface area contributed by atoms with Gasteiger partial charge in [0.25, 0.3) is 0 Å². The molecule has 1 aliphatic carbocycles. The van der Waals surface area contributed by atoms with Crippen molar-refractivity contribution in [3.8, 4) is 22.5 Å². The second-order valence-corrected chi connectivity index (χ2v) is 7.92. The fourth-order valence-electron chi connectivity index (χ4n) is 4.35. The lowest BCUT2D eigenvalue weighted by molar-refractivity contribution is 0.185. The van der Waals surface area contributed by atoms with Gasteiger partial charge in [-0.2, -0.15) is 5.10 Å². The van der Waals surface area contributed by atoms with Crippen molar-refractivity contribution < 1.29 is 0 Å². The smallest absolute Gasteiger partial charge is 0.0962 e. The Balaban J connectivity index is 1.35. The van der Waals surface area contributed by atoms with E-state index in [0.717, 1.165) is 24.6 Å². The van der Waals surface area contributed by atoms with Gasteiger partial charge >= 0.3 is 0 Å². The number of hydrogen-bond donors (Lipinski definition) is 1. The van der Waals surface area contributed by atoms with Crippen LogP contribution in [0.3, 0.4) is 0 Å². The zero-order chi connectivity index (χ0) is 17.5. The van der Waals surface area contributed by atoms with Crippen molar-refractivity contribution in [2.75, 3.05) is 13.1 Å². The van der Waals surface area contributed by atoms with Gasteiger partial charge in [0.1, 0.15) is 0 Å². The van der Waals surface area contributed by atoms with Crippen LogP contribution in [0.2, 0.25) is 0 Å². The minimum Gasteiger partial charge on any atom is -0.299 e. The average Bonchev–Trinajstić information content (AvgIpc) is 3.24. The van der Waals surface area contributed by atoms with E-state index in [-0.39, 0.29) is 0 Å². The zero-order valence-electron chi connectivity index (χ0n) is 15.3. The van der Waals surface area contributed by atoms with E-state index >= 15 is 0 Å². The predicted molar refractivity (Wildman–Crippen MR) is 106 cm³/mol. The van der Waals surface area contributed by atoms with Crippen molar-refractivity contribution in [2.24, 2.45) is 5.92 Å². The van der Waals surface area contributed by atoms with Crippen LogP contribution in [0.25, 0.3) is 22.5 Å². The van der Waals surface area contributed by atoms with Gasteiger partial charge in [0.15, 0.2) is 0 Å². The van der Waals surface area contributed by atoms with E-state index in [1.165, 1.54) is 59.4 Å². The number of aromatic nitrogens is 2. The molecule has 2 aliphatic rings. The molecule has 0 spiro atoms. The zero-order valence-corrected chi connectivity index (χ0v) is 15.3. The van der Waals surface area contributed by atoms with Crippen molar-refractivity contribution in [3.05, 3.63) is 65.2 Å². The van der Waals surface area contributed by atoms with Crippen molar-refractivity contribution in [2.45, 2.75) is 32.7 Å². The molecule has 1 N–H and O–H groups in total. The number of H-pyrrole nitrogens is 1.